The predicted molar refractivity (Wildman–Crippen MR) is 88.7 cm³/mol. The van der Waals surface area contributed by atoms with E-state index in [0.717, 1.165) is 6.29 Å². The standard InChI is InChI=1S/C18H19NO5/c1-19-8-3-5-15(12-19)18(21)24-10-4-9-23-16-7-6-14(13-20)11-17(16)22-2/h3-4,6-9,11-13H,5,10H2,1-2H3/b9-4+. The zero-order valence-electron chi connectivity index (χ0n) is 13.6. The molecule has 0 radical (unpaired) electrons. The lowest BCUT2D eigenvalue weighted by Crippen LogP contribution is -2.14. The molecule has 1 aliphatic rings. The van der Waals surface area contributed by atoms with Crippen molar-refractivity contribution >= 4 is 12.3 Å². The van der Waals surface area contributed by atoms with E-state index < -0.39 is 0 Å². The van der Waals surface area contributed by atoms with Crippen LogP contribution in [0.1, 0.15) is 16.8 Å². The number of hydrogen-bond donors (Lipinski definition) is 0. The number of rotatable bonds is 7. The van der Waals surface area contributed by atoms with Gasteiger partial charge in [0.1, 0.15) is 12.9 Å². The Hall–Kier alpha value is -3.02. The van der Waals surface area contributed by atoms with Crippen molar-refractivity contribution < 1.29 is 23.8 Å². The molecule has 6 nitrogen and oxygen atoms in total. The molecule has 0 unspecified atom stereocenters. The minimum Gasteiger partial charge on any atom is -0.493 e. The minimum atomic E-state index is -0.358. The van der Waals surface area contributed by atoms with Crippen molar-refractivity contribution in [3.05, 3.63) is 60.1 Å². The van der Waals surface area contributed by atoms with Crippen LogP contribution >= 0.6 is 0 Å². The van der Waals surface area contributed by atoms with Crippen molar-refractivity contribution in [3.63, 3.8) is 0 Å². The van der Waals surface area contributed by atoms with Gasteiger partial charge in [-0.15, -0.1) is 0 Å². The summed E-state index contributed by atoms with van der Waals surface area (Å²) in [5.74, 6) is 0.555. The maximum absolute atomic E-state index is 11.9. The van der Waals surface area contributed by atoms with Gasteiger partial charge in [-0.25, -0.2) is 4.79 Å². The third-order valence-electron chi connectivity index (χ3n) is 3.23. The van der Waals surface area contributed by atoms with E-state index in [1.165, 1.54) is 13.4 Å². The molecule has 24 heavy (non-hydrogen) atoms. The Morgan fingerprint density at radius 3 is 2.88 bits per heavy atom. The lowest BCUT2D eigenvalue weighted by molar-refractivity contribution is -0.138. The zero-order chi connectivity index (χ0) is 17.4. The van der Waals surface area contributed by atoms with Crippen LogP contribution in [0, 0.1) is 0 Å². The first kappa shape index (κ1) is 17.3. The third kappa shape index (κ3) is 4.74. The normalized spacial score (nSPS) is 13.6. The smallest absolute Gasteiger partial charge is 0.336 e. The molecule has 0 aromatic heterocycles. The van der Waals surface area contributed by atoms with E-state index in [1.807, 2.05) is 19.3 Å². The van der Waals surface area contributed by atoms with Crippen molar-refractivity contribution in [2.75, 3.05) is 20.8 Å². The van der Waals surface area contributed by atoms with E-state index in [4.69, 9.17) is 14.2 Å². The van der Waals surface area contributed by atoms with Gasteiger partial charge in [0.15, 0.2) is 11.5 Å². The zero-order valence-corrected chi connectivity index (χ0v) is 13.6. The third-order valence-corrected chi connectivity index (χ3v) is 3.23. The molecule has 2 rings (SSSR count). The van der Waals surface area contributed by atoms with Crippen LogP contribution in [0.4, 0.5) is 0 Å². The molecular weight excluding hydrogens is 310 g/mol. The molecule has 0 fully saturated rings. The predicted octanol–water partition coefficient (Wildman–Crippen LogP) is 2.68. The van der Waals surface area contributed by atoms with Crippen molar-refractivity contribution in [2.24, 2.45) is 0 Å². The Bertz CT molecular complexity index is 691. The van der Waals surface area contributed by atoms with Gasteiger partial charge in [-0.05, 0) is 30.5 Å². The molecule has 6 heteroatoms. The SMILES string of the molecule is COc1cc(C=O)ccc1O/C=C/COC(=O)C1=CN(C)C=CC1. The second-order valence-corrected chi connectivity index (χ2v) is 5.02. The van der Waals surface area contributed by atoms with Crippen LogP contribution in [0.5, 0.6) is 11.5 Å². The molecule has 0 aliphatic carbocycles. The number of carbonyl (C=O) groups is 2. The molecule has 126 valence electrons. The molecule has 1 heterocycles. The van der Waals surface area contributed by atoms with Crippen LogP contribution in [0.2, 0.25) is 0 Å². The molecule has 0 saturated carbocycles. The molecule has 0 bridgehead atoms. The van der Waals surface area contributed by atoms with Gasteiger partial charge >= 0.3 is 5.97 Å². The highest BCUT2D eigenvalue weighted by atomic mass is 16.5. The highest BCUT2D eigenvalue weighted by molar-refractivity contribution is 5.88. The summed E-state index contributed by atoms with van der Waals surface area (Å²) in [5.41, 5.74) is 1.09. The Morgan fingerprint density at radius 1 is 1.33 bits per heavy atom. The summed E-state index contributed by atoms with van der Waals surface area (Å²) in [5, 5.41) is 0. The summed E-state index contributed by atoms with van der Waals surface area (Å²) in [6, 6.07) is 4.84. The fraction of sp³-hybridized carbons (Fsp3) is 0.222. The lowest BCUT2D eigenvalue weighted by atomic mass is 10.1. The second kappa shape index (κ2) is 8.57. The van der Waals surface area contributed by atoms with Crippen molar-refractivity contribution in [3.8, 4) is 11.5 Å². The lowest BCUT2D eigenvalue weighted by Gasteiger charge is -2.15. The summed E-state index contributed by atoms with van der Waals surface area (Å²) >= 11 is 0. The number of aldehydes is 1. The molecule has 1 aromatic carbocycles. The first-order chi connectivity index (χ1) is 11.6. The van der Waals surface area contributed by atoms with E-state index in [2.05, 4.69) is 0 Å². The number of ether oxygens (including phenoxy) is 3. The van der Waals surface area contributed by atoms with E-state index in [-0.39, 0.29) is 12.6 Å². The molecule has 0 spiro atoms. The van der Waals surface area contributed by atoms with Gasteiger partial charge in [0.2, 0.25) is 0 Å². The largest absolute Gasteiger partial charge is 0.493 e. The van der Waals surface area contributed by atoms with E-state index >= 15 is 0 Å². The van der Waals surface area contributed by atoms with Crippen LogP contribution in [0.25, 0.3) is 0 Å². The van der Waals surface area contributed by atoms with Crippen molar-refractivity contribution in [1.29, 1.82) is 0 Å². The number of carbonyl (C=O) groups excluding carboxylic acids is 2. The molecule has 0 N–H and O–H groups in total. The fourth-order valence-electron chi connectivity index (χ4n) is 2.06. The van der Waals surface area contributed by atoms with Crippen LogP contribution in [0.3, 0.4) is 0 Å². The van der Waals surface area contributed by atoms with Gasteiger partial charge < -0.3 is 19.1 Å². The van der Waals surface area contributed by atoms with E-state index in [1.54, 1.807) is 35.4 Å². The summed E-state index contributed by atoms with van der Waals surface area (Å²) in [6.07, 6.45) is 9.79. The average molecular weight is 329 g/mol. The van der Waals surface area contributed by atoms with E-state index in [0.29, 0.717) is 29.1 Å². The Morgan fingerprint density at radius 2 is 2.17 bits per heavy atom. The Labute approximate surface area is 140 Å². The van der Waals surface area contributed by atoms with Crippen LogP contribution < -0.4 is 9.47 Å². The van der Waals surface area contributed by atoms with Gasteiger partial charge in [-0.2, -0.15) is 0 Å². The first-order valence-electron chi connectivity index (χ1n) is 7.35. The summed E-state index contributed by atoms with van der Waals surface area (Å²) < 4.78 is 15.7. The monoisotopic (exact) mass is 329 g/mol. The maximum atomic E-state index is 11.9. The van der Waals surface area contributed by atoms with Gasteiger partial charge in [-0.3, -0.25) is 4.79 Å². The summed E-state index contributed by atoms with van der Waals surface area (Å²) in [4.78, 5) is 24.4. The van der Waals surface area contributed by atoms with Gasteiger partial charge in [0, 0.05) is 25.2 Å². The number of hydrogen-bond acceptors (Lipinski definition) is 6. The van der Waals surface area contributed by atoms with Crippen LogP contribution in [-0.2, 0) is 9.53 Å². The summed E-state index contributed by atoms with van der Waals surface area (Å²) in [7, 11) is 3.34. The molecule has 0 saturated heterocycles. The molecular formula is C18H19NO5. The van der Waals surface area contributed by atoms with Crippen LogP contribution in [-0.4, -0.2) is 37.9 Å². The molecule has 0 atom stereocenters. The topological polar surface area (TPSA) is 65.1 Å². The molecule has 1 aliphatic heterocycles. The molecule has 0 amide bonds. The fourth-order valence-corrected chi connectivity index (χ4v) is 2.06. The van der Waals surface area contributed by atoms with Crippen molar-refractivity contribution in [2.45, 2.75) is 6.42 Å². The van der Waals surface area contributed by atoms with Crippen molar-refractivity contribution in [1.82, 2.24) is 4.90 Å². The van der Waals surface area contributed by atoms with Crippen LogP contribution in [0.15, 0.2) is 54.6 Å². The summed E-state index contributed by atoms with van der Waals surface area (Å²) in [6.45, 7) is 0.0956. The van der Waals surface area contributed by atoms with Gasteiger partial charge in [0.05, 0.1) is 18.9 Å². The Balaban J connectivity index is 1.83. The average Bonchev–Trinajstić information content (AvgIpc) is 2.61. The number of methoxy groups -OCH3 is 1. The number of benzene rings is 1. The highest BCUT2D eigenvalue weighted by Crippen LogP contribution is 2.27. The Kier molecular flexibility index (Phi) is 6.19. The second-order valence-electron chi connectivity index (χ2n) is 5.02. The first-order valence-corrected chi connectivity index (χ1v) is 7.35. The number of esters is 1. The van der Waals surface area contributed by atoms with Gasteiger partial charge in [0.25, 0.3) is 0 Å². The highest BCUT2D eigenvalue weighted by Gasteiger charge is 2.12. The quantitative estimate of drug-likeness (QED) is 0.435. The number of allylic oxidation sites excluding steroid dienone is 1. The van der Waals surface area contributed by atoms with E-state index in [9.17, 15) is 9.59 Å². The molecule has 1 aromatic rings. The minimum absolute atomic E-state index is 0.0956. The maximum Gasteiger partial charge on any atom is 0.336 e. The van der Waals surface area contributed by atoms with Gasteiger partial charge in [-0.1, -0.05) is 6.08 Å². The number of nitrogens with zero attached hydrogens (tertiary/aromatic N) is 1.